The van der Waals surface area contributed by atoms with Gasteiger partial charge in [0, 0.05) is 35.1 Å². The van der Waals surface area contributed by atoms with Crippen molar-refractivity contribution in [1.29, 1.82) is 0 Å². The summed E-state index contributed by atoms with van der Waals surface area (Å²) in [6, 6.07) is 6.16. The number of nitrogens with zero attached hydrogens (tertiary/aromatic N) is 8. The zero-order valence-electron chi connectivity index (χ0n) is 15.9. The third-order valence-corrected chi connectivity index (χ3v) is 4.80. The van der Waals surface area contributed by atoms with E-state index in [1.54, 1.807) is 16.8 Å². The van der Waals surface area contributed by atoms with Crippen molar-refractivity contribution in [2.75, 3.05) is 0 Å². The molecular weight excluding hydrogens is 394 g/mol. The van der Waals surface area contributed by atoms with Crippen LogP contribution < -0.4 is 0 Å². The Morgan fingerprint density at radius 2 is 2.14 bits per heavy atom. The van der Waals surface area contributed by atoms with Crippen molar-refractivity contribution in [3.63, 3.8) is 0 Å². The molecule has 0 aliphatic heterocycles. The van der Waals surface area contributed by atoms with Gasteiger partial charge in [0.25, 0.3) is 5.69 Å². The number of benzene rings is 1. The number of azo groups is 1. The Morgan fingerprint density at radius 1 is 1.31 bits per heavy atom. The van der Waals surface area contributed by atoms with Gasteiger partial charge < -0.3 is 0 Å². The lowest BCUT2D eigenvalue weighted by atomic mass is 10.2. The van der Waals surface area contributed by atoms with Crippen LogP contribution in [0.15, 0.2) is 34.5 Å². The Bertz CT molecular complexity index is 1220. The van der Waals surface area contributed by atoms with Gasteiger partial charge in [-0.3, -0.25) is 15.2 Å². The summed E-state index contributed by atoms with van der Waals surface area (Å²) < 4.78 is 5.84. The smallest absolute Gasteiger partial charge is 0.270 e. The average Bonchev–Trinajstić information content (AvgIpc) is 3.41. The first-order chi connectivity index (χ1) is 14.0. The van der Waals surface area contributed by atoms with Gasteiger partial charge >= 0.3 is 0 Å². The lowest BCUT2D eigenvalue weighted by Crippen LogP contribution is -1.94. The molecule has 12 heteroatoms. The molecule has 0 unspecified atom stereocenters. The van der Waals surface area contributed by atoms with Crippen molar-refractivity contribution in [2.24, 2.45) is 10.2 Å². The third-order valence-electron chi connectivity index (χ3n) is 4.20. The molecule has 0 bridgehead atoms. The number of fused-ring (bicyclic) bond motifs is 1. The topological polar surface area (TPSA) is 140 Å². The zero-order chi connectivity index (χ0) is 20.5. The van der Waals surface area contributed by atoms with Crippen LogP contribution in [0.3, 0.4) is 0 Å². The number of aromatic nitrogens is 6. The molecule has 0 spiro atoms. The summed E-state index contributed by atoms with van der Waals surface area (Å²) >= 11 is 1.07. The fraction of sp³-hybridized carbons (Fsp3) is 0.294. The van der Waals surface area contributed by atoms with Crippen LogP contribution >= 0.6 is 11.5 Å². The molecule has 0 radical (unpaired) electrons. The van der Waals surface area contributed by atoms with E-state index in [-0.39, 0.29) is 11.6 Å². The lowest BCUT2D eigenvalue weighted by Gasteiger charge is -1.95. The molecule has 148 valence electrons. The van der Waals surface area contributed by atoms with Gasteiger partial charge in [-0.15, -0.1) is 15.3 Å². The molecule has 0 atom stereocenters. The van der Waals surface area contributed by atoms with Crippen LogP contribution in [-0.4, -0.2) is 34.1 Å². The maximum Gasteiger partial charge on any atom is 0.270 e. The normalized spacial score (nSPS) is 11.9. The molecule has 1 N–H and O–H groups in total. The number of hydrogen-bond donors (Lipinski definition) is 1. The minimum absolute atomic E-state index is 0.0180. The van der Waals surface area contributed by atoms with Crippen LogP contribution in [0.2, 0.25) is 0 Å². The minimum atomic E-state index is -0.454. The number of nitrogens with one attached hydrogen (secondary N) is 1. The van der Waals surface area contributed by atoms with Gasteiger partial charge in [0.2, 0.25) is 10.8 Å². The predicted molar refractivity (Wildman–Crippen MR) is 107 cm³/mol. The fourth-order valence-corrected chi connectivity index (χ4v) is 3.21. The largest absolute Gasteiger partial charge is 0.278 e. The third kappa shape index (κ3) is 3.61. The first-order valence-corrected chi connectivity index (χ1v) is 9.71. The second kappa shape index (κ2) is 7.47. The molecule has 3 heterocycles. The second-order valence-corrected chi connectivity index (χ2v) is 7.29. The Balaban J connectivity index is 1.65. The summed E-state index contributed by atoms with van der Waals surface area (Å²) in [5.41, 5.74) is 2.61. The lowest BCUT2D eigenvalue weighted by molar-refractivity contribution is -0.384. The van der Waals surface area contributed by atoms with Gasteiger partial charge in [0.1, 0.15) is 0 Å². The molecule has 11 nitrogen and oxygen atoms in total. The van der Waals surface area contributed by atoms with Crippen LogP contribution in [0.25, 0.3) is 17.0 Å². The number of nitro benzene ring substituents is 1. The number of non-ortho nitro benzene ring substituents is 1. The van der Waals surface area contributed by atoms with Crippen LogP contribution in [0.5, 0.6) is 0 Å². The molecule has 0 saturated carbocycles. The van der Waals surface area contributed by atoms with Gasteiger partial charge in [-0.1, -0.05) is 32.9 Å². The SMILES string of the molecule is CCc1[nH]n2nc(C(C)C)nc2c1N=Nc1nc(-c2cccc([N+](=O)[O-])c2)ns1. The molecule has 0 aliphatic carbocycles. The summed E-state index contributed by atoms with van der Waals surface area (Å²) in [5, 5.41) is 27.4. The molecule has 0 saturated heterocycles. The van der Waals surface area contributed by atoms with Crippen molar-refractivity contribution in [1.82, 2.24) is 29.2 Å². The molecule has 4 aromatic rings. The average molecular weight is 411 g/mol. The highest BCUT2D eigenvalue weighted by atomic mass is 32.1. The van der Waals surface area contributed by atoms with Crippen LogP contribution in [0, 0.1) is 10.1 Å². The van der Waals surface area contributed by atoms with Crippen molar-refractivity contribution in [2.45, 2.75) is 33.1 Å². The Labute approximate surface area is 168 Å². The number of rotatable bonds is 6. The maximum atomic E-state index is 11.0. The van der Waals surface area contributed by atoms with E-state index in [0.29, 0.717) is 34.3 Å². The van der Waals surface area contributed by atoms with E-state index in [4.69, 9.17) is 0 Å². The molecule has 29 heavy (non-hydrogen) atoms. The first kappa shape index (κ1) is 18.8. The predicted octanol–water partition coefficient (Wildman–Crippen LogP) is 4.59. The monoisotopic (exact) mass is 411 g/mol. The summed E-state index contributed by atoms with van der Waals surface area (Å²) in [4.78, 5) is 19.4. The van der Waals surface area contributed by atoms with Gasteiger partial charge in [-0.25, -0.2) is 4.98 Å². The van der Waals surface area contributed by atoms with E-state index in [1.165, 1.54) is 12.1 Å². The van der Waals surface area contributed by atoms with Gasteiger partial charge in [-0.05, 0) is 6.42 Å². The summed E-state index contributed by atoms with van der Waals surface area (Å²) in [7, 11) is 0. The first-order valence-electron chi connectivity index (χ1n) is 8.94. The van der Waals surface area contributed by atoms with Crippen LogP contribution in [-0.2, 0) is 6.42 Å². The van der Waals surface area contributed by atoms with Crippen LogP contribution in [0.1, 0.15) is 38.2 Å². The molecule has 0 aliphatic rings. The number of hydrogen-bond acceptors (Lipinski definition) is 9. The Morgan fingerprint density at radius 3 is 2.86 bits per heavy atom. The van der Waals surface area contributed by atoms with Gasteiger partial charge in [0.15, 0.2) is 17.3 Å². The highest BCUT2D eigenvalue weighted by Gasteiger charge is 2.17. The Kier molecular flexibility index (Phi) is 4.84. The van der Waals surface area contributed by atoms with Crippen LogP contribution in [0.4, 0.5) is 16.5 Å². The number of aryl methyl sites for hydroxylation is 1. The number of aromatic amines is 1. The molecule has 4 rings (SSSR count). The van der Waals surface area contributed by atoms with E-state index in [2.05, 4.69) is 34.8 Å². The second-order valence-electron chi connectivity index (χ2n) is 6.56. The highest BCUT2D eigenvalue weighted by Crippen LogP contribution is 2.30. The molecule has 3 aromatic heterocycles. The standard InChI is InChI=1S/C17H17N9O2S/c1-4-12-13(16-18-14(9(2)3)23-25(16)22-12)20-21-17-19-15(24-29-17)10-6-5-7-11(8-10)26(27)28/h5-9,22H,4H2,1-3H3. The quantitative estimate of drug-likeness (QED) is 0.280. The van der Waals surface area contributed by atoms with E-state index >= 15 is 0 Å². The molecule has 1 aromatic carbocycles. The highest BCUT2D eigenvalue weighted by molar-refractivity contribution is 7.09. The fourth-order valence-electron chi connectivity index (χ4n) is 2.70. The summed E-state index contributed by atoms with van der Waals surface area (Å²) in [6.45, 7) is 6.04. The number of nitro groups is 1. The van der Waals surface area contributed by atoms with E-state index in [1.807, 2.05) is 20.8 Å². The molecular formula is C17H17N9O2S. The summed E-state index contributed by atoms with van der Waals surface area (Å²) in [5.74, 6) is 1.28. The molecule has 0 amide bonds. The minimum Gasteiger partial charge on any atom is -0.278 e. The van der Waals surface area contributed by atoms with E-state index < -0.39 is 4.92 Å². The molecule has 0 fully saturated rings. The summed E-state index contributed by atoms with van der Waals surface area (Å²) in [6.07, 6.45) is 0.714. The zero-order valence-corrected chi connectivity index (χ0v) is 16.7. The van der Waals surface area contributed by atoms with Crippen molar-refractivity contribution >= 4 is 33.7 Å². The van der Waals surface area contributed by atoms with Crippen molar-refractivity contribution < 1.29 is 4.92 Å². The van der Waals surface area contributed by atoms with Crippen molar-refractivity contribution in [3.05, 3.63) is 45.9 Å². The van der Waals surface area contributed by atoms with Gasteiger partial charge in [0.05, 0.1) is 10.6 Å². The van der Waals surface area contributed by atoms with E-state index in [0.717, 1.165) is 23.1 Å². The van der Waals surface area contributed by atoms with Crippen molar-refractivity contribution in [3.8, 4) is 11.4 Å². The van der Waals surface area contributed by atoms with E-state index in [9.17, 15) is 10.1 Å². The van der Waals surface area contributed by atoms with Gasteiger partial charge in [-0.2, -0.15) is 14.0 Å². The number of H-pyrrole nitrogens is 1. The maximum absolute atomic E-state index is 11.0. The Hall–Kier alpha value is -3.54.